The van der Waals surface area contributed by atoms with Gasteiger partial charge in [-0.3, -0.25) is 0 Å². The smallest absolute Gasteiger partial charge is 0.238 e. The van der Waals surface area contributed by atoms with Gasteiger partial charge in [0.1, 0.15) is 5.75 Å². The zero-order chi connectivity index (χ0) is 11.5. The summed E-state index contributed by atoms with van der Waals surface area (Å²) in [5.41, 5.74) is 0.361. The number of sulfonamides is 1. The van der Waals surface area contributed by atoms with Crippen LogP contribution in [-0.2, 0) is 10.0 Å². The number of hydrogen-bond donors (Lipinski definition) is 3. The molecule has 0 aliphatic rings. The van der Waals surface area contributed by atoms with Crippen LogP contribution in [0, 0.1) is 12.3 Å². The van der Waals surface area contributed by atoms with Crippen LogP contribution in [0.3, 0.4) is 0 Å². The summed E-state index contributed by atoms with van der Waals surface area (Å²) < 4.78 is 21.8. The van der Waals surface area contributed by atoms with Crippen molar-refractivity contribution in [2.45, 2.75) is 4.90 Å². The van der Waals surface area contributed by atoms with Gasteiger partial charge >= 0.3 is 0 Å². The van der Waals surface area contributed by atoms with Crippen LogP contribution < -0.4 is 10.5 Å². The van der Waals surface area contributed by atoms with Crippen molar-refractivity contribution in [1.29, 1.82) is 0 Å². The fourth-order valence-corrected chi connectivity index (χ4v) is 1.52. The Balaban J connectivity index is 3.05. The summed E-state index contributed by atoms with van der Waals surface area (Å²) in [6.07, 6.45) is 5.02. The SMILES string of the molecule is C#CCNc1ccc(S(N)(=O)=O)cc1O. The molecule has 0 aliphatic heterocycles. The molecule has 0 aliphatic carbocycles. The Labute approximate surface area is 88.0 Å². The molecule has 0 amide bonds. The van der Waals surface area contributed by atoms with Crippen molar-refractivity contribution < 1.29 is 13.5 Å². The molecule has 1 aromatic carbocycles. The molecule has 1 rings (SSSR count). The van der Waals surface area contributed by atoms with Gasteiger partial charge in [-0.15, -0.1) is 6.42 Å². The van der Waals surface area contributed by atoms with E-state index < -0.39 is 10.0 Å². The third kappa shape index (κ3) is 2.87. The van der Waals surface area contributed by atoms with Gasteiger partial charge in [0, 0.05) is 6.07 Å². The fraction of sp³-hybridized carbons (Fsp3) is 0.111. The Morgan fingerprint density at radius 3 is 2.67 bits per heavy atom. The number of primary sulfonamides is 1. The molecule has 6 heteroatoms. The van der Waals surface area contributed by atoms with Crippen molar-refractivity contribution in [3.63, 3.8) is 0 Å². The monoisotopic (exact) mass is 226 g/mol. The second-order valence-corrected chi connectivity index (χ2v) is 4.34. The number of aromatic hydroxyl groups is 1. The van der Waals surface area contributed by atoms with Crippen LogP contribution in [0.15, 0.2) is 23.1 Å². The number of terminal acetylenes is 1. The second kappa shape index (κ2) is 4.21. The van der Waals surface area contributed by atoms with E-state index >= 15 is 0 Å². The third-order valence-electron chi connectivity index (χ3n) is 1.68. The number of hydrogen-bond acceptors (Lipinski definition) is 4. The first-order chi connectivity index (χ1) is 6.95. The fourth-order valence-electron chi connectivity index (χ4n) is 0.984. The minimum atomic E-state index is -3.79. The first-order valence-electron chi connectivity index (χ1n) is 3.98. The minimum Gasteiger partial charge on any atom is -0.506 e. The molecule has 1 aromatic rings. The van der Waals surface area contributed by atoms with Gasteiger partial charge in [-0.1, -0.05) is 5.92 Å². The maximum atomic E-state index is 10.9. The molecule has 5 nitrogen and oxygen atoms in total. The molecular formula is C9H10N2O3S. The molecule has 0 saturated carbocycles. The van der Waals surface area contributed by atoms with Crippen molar-refractivity contribution in [2.75, 3.05) is 11.9 Å². The molecule has 0 aromatic heterocycles. The summed E-state index contributed by atoms with van der Waals surface area (Å²) in [5, 5.41) is 17.0. The highest BCUT2D eigenvalue weighted by molar-refractivity contribution is 7.89. The average Bonchev–Trinajstić information content (AvgIpc) is 2.14. The molecule has 15 heavy (non-hydrogen) atoms. The van der Waals surface area contributed by atoms with E-state index in [0.29, 0.717) is 5.69 Å². The van der Waals surface area contributed by atoms with E-state index in [4.69, 9.17) is 11.6 Å². The predicted octanol–water partition coefficient (Wildman–Crippen LogP) is 0.0847. The van der Waals surface area contributed by atoms with E-state index in [0.717, 1.165) is 6.07 Å². The molecule has 0 atom stereocenters. The van der Waals surface area contributed by atoms with Crippen molar-refractivity contribution in [3.8, 4) is 18.1 Å². The summed E-state index contributed by atoms with van der Waals surface area (Å²) in [6, 6.07) is 3.74. The number of nitrogens with one attached hydrogen (secondary N) is 1. The molecule has 0 bridgehead atoms. The number of phenolic OH excluding ortho intramolecular Hbond substituents is 1. The van der Waals surface area contributed by atoms with Crippen molar-refractivity contribution in [3.05, 3.63) is 18.2 Å². The Bertz CT molecular complexity index is 503. The summed E-state index contributed by atoms with van der Waals surface area (Å²) in [4.78, 5) is -0.147. The van der Waals surface area contributed by atoms with Crippen LogP contribution in [0.5, 0.6) is 5.75 Å². The molecule has 0 radical (unpaired) electrons. The van der Waals surface area contributed by atoms with Crippen LogP contribution in [0.1, 0.15) is 0 Å². The normalized spacial score (nSPS) is 10.7. The Morgan fingerprint density at radius 2 is 2.20 bits per heavy atom. The third-order valence-corrected chi connectivity index (χ3v) is 2.59. The van der Waals surface area contributed by atoms with Gasteiger partial charge in [0.25, 0.3) is 0 Å². The van der Waals surface area contributed by atoms with Gasteiger partial charge in [0.15, 0.2) is 0 Å². The zero-order valence-corrected chi connectivity index (χ0v) is 8.58. The Hall–Kier alpha value is -1.71. The summed E-state index contributed by atoms with van der Waals surface area (Å²) in [6.45, 7) is 0.238. The molecule has 0 heterocycles. The lowest BCUT2D eigenvalue weighted by Gasteiger charge is -2.06. The number of benzene rings is 1. The zero-order valence-electron chi connectivity index (χ0n) is 7.77. The van der Waals surface area contributed by atoms with Gasteiger partial charge < -0.3 is 10.4 Å². The highest BCUT2D eigenvalue weighted by Gasteiger charge is 2.10. The molecular weight excluding hydrogens is 216 g/mol. The first-order valence-corrected chi connectivity index (χ1v) is 5.53. The summed E-state index contributed by atoms with van der Waals surface area (Å²) in [5.74, 6) is 2.11. The number of phenols is 1. The van der Waals surface area contributed by atoms with E-state index in [2.05, 4.69) is 11.2 Å². The first kappa shape index (κ1) is 11.4. The van der Waals surface area contributed by atoms with Gasteiger partial charge in [-0.05, 0) is 12.1 Å². The topological polar surface area (TPSA) is 92.4 Å². The Kier molecular flexibility index (Phi) is 3.19. The highest BCUT2D eigenvalue weighted by atomic mass is 32.2. The van der Waals surface area contributed by atoms with Gasteiger partial charge in [0.2, 0.25) is 10.0 Å². The lowest BCUT2D eigenvalue weighted by Crippen LogP contribution is -2.12. The Morgan fingerprint density at radius 1 is 1.53 bits per heavy atom. The highest BCUT2D eigenvalue weighted by Crippen LogP contribution is 2.25. The number of nitrogens with two attached hydrogens (primary N) is 1. The van der Waals surface area contributed by atoms with E-state index in [9.17, 15) is 13.5 Å². The van der Waals surface area contributed by atoms with Crippen LogP contribution in [0.25, 0.3) is 0 Å². The standard InChI is InChI=1S/C9H10N2O3S/c1-2-5-11-8-4-3-7(6-9(8)12)15(10,13)14/h1,3-4,6,11-12H,5H2,(H2,10,13,14). The van der Waals surface area contributed by atoms with Crippen molar-refractivity contribution in [1.82, 2.24) is 0 Å². The number of rotatable bonds is 3. The maximum Gasteiger partial charge on any atom is 0.238 e. The molecule has 4 N–H and O–H groups in total. The van der Waals surface area contributed by atoms with Crippen LogP contribution >= 0.6 is 0 Å². The van der Waals surface area contributed by atoms with Crippen LogP contribution in [-0.4, -0.2) is 20.1 Å². The van der Waals surface area contributed by atoms with Gasteiger partial charge in [0.05, 0.1) is 17.1 Å². The lowest BCUT2D eigenvalue weighted by molar-refractivity contribution is 0.475. The van der Waals surface area contributed by atoms with Crippen LogP contribution in [0.2, 0.25) is 0 Å². The second-order valence-electron chi connectivity index (χ2n) is 2.78. The summed E-state index contributed by atoms with van der Waals surface area (Å²) in [7, 11) is -3.79. The maximum absolute atomic E-state index is 10.9. The van der Waals surface area contributed by atoms with E-state index in [1.807, 2.05) is 0 Å². The van der Waals surface area contributed by atoms with E-state index in [-0.39, 0.29) is 17.2 Å². The van der Waals surface area contributed by atoms with Crippen molar-refractivity contribution >= 4 is 15.7 Å². The number of anilines is 1. The molecule has 80 valence electrons. The predicted molar refractivity (Wildman–Crippen MR) is 56.8 cm³/mol. The largest absolute Gasteiger partial charge is 0.506 e. The van der Waals surface area contributed by atoms with Gasteiger partial charge in [-0.25, -0.2) is 13.6 Å². The van der Waals surface area contributed by atoms with E-state index in [1.54, 1.807) is 0 Å². The molecule has 0 spiro atoms. The van der Waals surface area contributed by atoms with E-state index in [1.165, 1.54) is 12.1 Å². The minimum absolute atomic E-state index is 0.147. The molecule has 0 unspecified atom stereocenters. The lowest BCUT2D eigenvalue weighted by atomic mass is 10.3. The van der Waals surface area contributed by atoms with Gasteiger partial charge in [-0.2, -0.15) is 0 Å². The van der Waals surface area contributed by atoms with Crippen LogP contribution in [0.4, 0.5) is 5.69 Å². The molecule has 0 saturated heterocycles. The molecule has 0 fully saturated rings. The quantitative estimate of drug-likeness (QED) is 0.503. The summed E-state index contributed by atoms with van der Waals surface area (Å²) >= 11 is 0. The van der Waals surface area contributed by atoms with Crippen molar-refractivity contribution in [2.24, 2.45) is 5.14 Å². The average molecular weight is 226 g/mol.